The van der Waals surface area contributed by atoms with Crippen LogP contribution in [-0.2, 0) is 23.8 Å². The van der Waals surface area contributed by atoms with E-state index in [2.05, 4.69) is 10.6 Å². The van der Waals surface area contributed by atoms with Crippen LogP contribution in [0.3, 0.4) is 0 Å². The summed E-state index contributed by atoms with van der Waals surface area (Å²) in [6.07, 6.45) is -0.348. The maximum absolute atomic E-state index is 12.8. The van der Waals surface area contributed by atoms with E-state index in [0.717, 1.165) is 0 Å². The summed E-state index contributed by atoms with van der Waals surface area (Å²) in [6.45, 7) is 6.92. The molecule has 0 aromatic heterocycles. The van der Waals surface area contributed by atoms with E-state index in [1.165, 1.54) is 32.4 Å². The maximum atomic E-state index is 12.8. The first-order valence-corrected chi connectivity index (χ1v) is 10.6. The molecule has 184 valence electrons. The van der Waals surface area contributed by atoms with Crippen LogP contribution in [-0.4, -0.2) is 43.2 Å². The van der Waals surface area contributed by atoms with E-state index in [-0.39, 0.29) is 22.9 Å². The molecule has 34 heavy (non-hydrogen) atoms. The van der Waals surface area contributed by atoms with Crippen molar-refractivity contribution in [1.29, 1.82) is 0 Å². The first kappa shape index (κ1) is 26.4. The largest absolute Gasteiger partial charge is 0.467 e. The maximum Gasteiger partial charge on any atom is 0.413 e. The molecule has 1 amide bonds. The Balaban J connectivity index is 2.51. The Labute approximate surface area is 197 Å². The van der Waals surface area contributed by atoms with Gasteiger partial charge in [-0.15, -0.1) is 0 Å². The number of nitro groups is 1. The Kier molecular flexibility index (Phi) is 8.76. The van der Waals surface area contributed by atoms with Gasteiger partial charge in [0.1, 0.15) is 11.8 Å². The van der Waals surface area contributed by atoms with Crippen molar-refractivity contribution in [3.05, 3.63) is 62.7 Å². The summed E-state index contributed by atoms with van der Waals surface area (Å²) >= 11 is 0. The van der Waals surface area contributed by atoms with E-state index in [0.29, 0.717) is 23.4 Å². The van der Waals surface area contributed by atoms with Gasteiger partial charge in [-0.05, 0) is 25.3 Å². The van der Waals surface area contributed by atoms with Gasteiger partial charge < -0.3 is 24.8 Å². The van der Waals surface area contributed by atoms with Crippen LogP contribution in [0, 0.1) is 16.0 Å². The van der Waals surface area contributed by atoms with Crippen molar-refractivity contribution in [2.75, 3.05) is 14.2 Å². The minimum absolute atomic E-state index is 0.0387. The quantitative estimate of drug-likeness (QED) is 0.250. The normalized spacial score (nSPS) is 17.3. The molecule has 0 radical (unpaired) electrons. The number of amides is 1. The molecule has 0 aliphatic carbocycles. The molecule has 1 aliphatic heterocycles. The molecule has 1 aromatic rings. The van der Waals surface area contributed by atoms with Gasteiger partial charge in [0.2, 0.25) is 0 Å². The highest BCUT2D eigenvalue weighted by molar-refractivity contribution is 5.92. The summed E-state index contributed by atoms with van der Waals surface area (Å²) in [5, 5.41) is 16.8. The first-order valence-electron chi connectivity index (χ1n) is 10.6. The van der Waals surface area contributed by atoms with Gasteiger partial charge in [0.15, 0.2) is 0 Å². The van der Waals surface area contributed by atoms with Crippen LogP contribution in [0.4, 0.5) is 10.5 Å². The van der Waals surface area contributed by atoms with Crippen molar-refractivity contribution < 1.29 is 33.5 Å². The Bertz CT molecular complexity index is 1050. The van der Waals surface area contributed by atoms with E-state index in [9.17, 15) is 24.5 Å². The number of nitrogens with one attached hydrogen (secondary N) is 2. The minimum Gasteiger partial charge on any atom is -0.467 e. The number of alkyl carbamates (subject to hydrolysis) is 1. The zero-order valence-electron chi connectivity index (χ0n) is 20.0. The standard InChI is InChI=1S/C23H29N3O8/c1-7-12(2)19(22(28)33-6)25-23(29)34-20-14(4)24-13(3)17(21(27)32-5)18(20)15-9-8-10-16(11-15)26(30)31/h8-12,18-19,24H,7H2,1-6H3,(H,25,29)/t12-,18-,19-/m0/s1. The Hall–Kier alpha value is -3.89. The topological polar surface area (TPSA) is 146 Å². The molecule has 0 fully saturated rings. The highest BCUT2D eigenvalue weighted by Gasteiger charge is 2.37. The molecular weight excluding hydrogens is 446 g/mol. The number of esters is 2. The molecule has 0 saturated carbocycles. The molecule has 0 bridgehead atoms. The predicted molar refractivity (Wildman–Crippen MR) is 121 cm³/mol. The molecule has 0 spiro atoms. The van der Waals surface area contributed by atoms with Crippen LogP contribution >= 0.6 is 0 Å². The highest BCUT2D eigenvalue weighted by Crippen LogP contribution is 2.40. The number of benzene rings is 1. The second-order valence-corrected chi connectivity index (χ2v) is 7.85. The van der Waals surface area contributed by atoms with Crippen LogP contribution in [0.1, 0.15) is 45.6 Å². The summed E-state index contributed by atoms with van der Waals surface area (Å²) in [4.78, 5) is 48.4. The van der Waals surface area contributed by atoms with Crippen molar-refractivity contribution in [1.82, 2.24) is 10.6 Å². The molecule has 2 rings (SSSR count). The number of rotatable bonds is 8. The zero-order chi connectivity index (χ0) is 25.6. The number of non-ortho nitro benzene ring substituents is 1. The summed E-state index contributed by atoms with van der Waals surface area (Å²) in [5.74, 6) is -2.49. The smallest absolute Gasteiger partial charge is 0.413 e. The summed E-state index contributed by atoms with van der Waals surface area (Å²) in [5.41, 5.74) is 1.14. The van der Waals surface area contributed by atoms with Crippen molar-refractivity contribution in [2.24, 2.45) is 5.92 Å². The number of ether oxygens (including phenoxy) is 3. The van der Waals surface area contributed by atoms with Gasteiger partial charge in [-0.1, -0.05) is 32.4 Å². The van der Waals surface area contributed by atoms with Crippen LogP contribution in [0.15, 0.2) is 47.0 Å². The number of nitro benzene ring substituents is 1. The molecule has 1 aliphatic rings. The van der Waals surface area contributed by atoms with Crippen molar-refractivity contribution >= 4 is 23.7 Å². The third-order valence-corrected chi connectivity index (χ3v) is 5.66. The number of hydrogen-bond acceptors (Lipinski definition) is 9. The second kappa shape index (κ2) is 11.3. The molecule has 2 N–H and O–H groups in total. The van der Waals surface area contributed by atoms with Gasteiger partial charge in [-0.25, -0.2) is 14.4 Å². The lowest BCUT2D eigenvalue weighted by atomic mass is 9.85. The lowest BCUT2D eigenvalue weighted by molar-refractivity contribution is -0.384. The predicted octanol–water partition coefficient (Wildman–Crippen LogP) is 3.27. The number of methoxy groups -OCH3 is 2. The molecule has 1 aromatic carbocycles. The molecular formula is C23H29N3O8. The fraction of sp³-hybridized carbons (Fsp3) is 0.435. The lowest BCUT2D eigenvalue weighted by Gasteiger charge is -2.31. The van der Waals surface area contributed by atoms with E-state index in [4.69, 9.17) is 14.2 Å². The number of hydrogen-bond donors (Lipinski definition) is 2. The van der Waals surface area contributed by atoms with Crippen LogP contribution in [0.2, 0.25) is 0 Å². The summed E-state index contributed by atoms with van der Waals surface area (Å²) in [6, 6.07) is 4.73. The van der Waals surface area contributed by atoms with E-state index < -0.39 is 34.9 Å². The minimum atomic E-state index is -0.973. The molecule has 0 unspecified atom stereocenters. The zero-order valence-corrected chi connectivity index (χ0v) is 20.0. The van der Waals surface area contributed by atoms with Crippen LogP contribution in [0.25, 0.3) is 0 Å². The average molecular weight is 475 g/mol. The number of allylic oxidation sites excluding steroid dienone is 3. The van der Waals surface area contributed by atoms with Crippen LogP contribution in [0.5, 0.6) is 0 Å². The van der Waals surface area contributed by atoms with E-state index in [1.807, 2.05) is 6.92 Å². The fourth-order valence-corrected chi connectivity index (χ4v) is 3.68. The second-order valence-electron chi connectivity index (χ2n) is 7.85. The highest BCUT2D eigenvalue weighted by atomic mass is 16.6. The van der Waals surface area contributed by atoms with Crippen molar-refractivity contribution in [2.45, 2.75) is 46.1 Å². The molecule has 11 heteroatoms. The van der Waals surface area contributed by atoms with Gasteiger partial charge in [0.05, 0.1) is 36.3 Å². The Morgan fingerprint density at radius 2 is 1.85 bits per heavy atom. The van der Waals surface area contributed by atoms with Crippen LogP contribution < -0.4 is 10.6 Å². The van der Waals surface area contributed by atoms with Gasteiger partial charge in [0, 0.05) is 17.8 Å². The van der Waals surface area contributed by atoms with Gasteiger partial charge in [-0.2, -0.15) is 0 Å². The van der Waals surface area contributed by atoms with Gasteiger partial charge >= 0.3 is 18.0 Å². The number of dihydropyridines is 1. The van der Waals surface area contributed by atoms with Crippen molar-refractivity contribution in [3.63, 3.8) is 0 Å². The lowest BCUT2D eigenvalue weighted by Crippen LogP contribution is -2.46. The number of carbonyl (C=O) groups excluding carboxylic acids is 3. The SMILES string of the molecule is CC[C@H](C)[C@H](NC(=O)OC1=C(C)NC(C)=C(C(=O)OC)[C@@H]1c1cccc([N+](=O)[O-])c1)C(=O)OC. The molecule has 3 atom stereocenters. The number of nitrogens with zero attached hydrogens (tertiary/aromatic N) is 1. The summed E-state index contributed by atoms with van der Waals surface area (Å²) < 4.78 is 15.3. The third kappa shape index (κ3) is 5.72. The summed E-state index contributed by atoms with van der Waals surface area (Å²) in [7, 11) is 2.43. The van der Waals surface area contributed by atoms with Gasteiger partial charge in [-0.3, -0.25) is 10.1 Å². The molecule has 0 saturated heterocycles. The Morgan fingerprint density at radius 1 is 1.18 bits per heavy atom. The number of carbonyl (C=O) groups is 3. The monoisotopic (exact) mass is 475 g/mol. The van der Waals surface area contributed by atoms with E-state index in [1.54, 1.807) is 26.8 Å². The average Bonchev–Trinajstić information content (AvgIpc) is 2.82. The Morgan fingerprint density at radius 3 is 2.41 bits per heavy atom. The third-order valence-electron chi connectivity index (χ3n) is 5.66. The van der Waals surface area contributed by atoms with E-state index >= 15 is 0 Å². The van der Waals surface area contributed by atoms with Crippen molar-refractivity contribution in [3.8, 4) is 0 Å². The fourth-order valence-electron chi connectivity index (χ4n) is 3.68. The first-order chi connectivity index (χ1) is 16.0. The molecule has 11 nitrogen and oxygen atoms in total. The van der Waals surface area contributed by atoms with Gasteiger partial charge in [0.25, 0.3) is 5.69 Å². The molecule has 1 heterocycles.